The Labute approximate surface area is 103 Å². The van der Waals surface area contributed by atoms with Gasteiger partial charge in [-0.05, 0) is 12.0 Å². The zero-order valence-electron chi connectivity index (χ0n) is 10.1. The molecule has 0 saturated carbocycles. The SMILES string of the molecule is NC[C@@H]1[C@H]2OCC[C@H]2CN1Cc1ccccc1. The predicted octanol–water partition coefficient (Wildman–Crippen LogP) is 1.23. The topological polar surface area (TPSA) is 38.5 Å². The van der Waals surface area contributed by atoms with Gasteiger partial charge in [-0.1, -0.05) is 30.3 Å². The van der Waals surface area contributed by atoms with E-state index >= 15 is 0 Å². The molecule has 0 radical (unpaired) electrons. The van der Waals surface area contributed by atoms with Gasteiger partial charge in [0.15, 0.2) is 0 Å². The number of benzene rings is 1. The minimum atomic E-state index is 0.378. The number of hydrogen-bond donors (Lipinski definition) is 1. The molecule has 0 unspecified atom stereocenters. The summed E-state index contributed by atoms with van der Waals surface area (Å²) in [6, 6.07) is 11.0. The molecule has 3 heteroatoms. The summed E-state index contributed by atoms with van der Waals surface area (Å²) >= 11 is 0. The van der Waals surface area contributed by atoms with Crippen LogP contribution in [0.2, 0.25) is 0 Å². The summed E-state index contributed by atoms with van der Waals surface area (Å²) in [6.45, 7) is 3.76. The minimum Gasteiger partial charge on any atom is -0.376 e. The molecule has 1 aromatic carbocycles. The molecule has 2 N–H and O–H groups in total. The highest BCUT2D eigenvalue weighted by Gasteiger charge is 2.44. The van der Waals surface area contributed by atoms with Gasteiger partial charge in [0.05, 0.1) is 6.10 Å². The summed E-state index contributed by atoms with van der Waals surface area (Å²) in [5, 5.41) is 0. The average molecular weight is 232 g/mol. The normalized spacial score (nSPS) is 32.9. The van der Waals surface area contributed by atoms with E-state index in [1.807, 2.05) is 0 Å². The molecule has 2 heterocycles. The minimum absolute atomic E-state index is 0.378. The molecule has 2 saturated heterocycles. The van der Waals surface area contributed by atoms with Crippen LogP contribution in [0.25, 0.3) is 0 Å². The van der Waals surface area contributed by atoms with Crippen molar-refractivity contribution in [3.63, 3.8) is 0 Å². The Kier molecular flexibility index (Phi) is 3.14. The van der Waals surface area contributed by atoms with Crippen LogP contribution in [-0.4, -0.2) is 36.7 Å². The second-order valence-electron chi connectivity index (χ2n) is 5.10. The maximum Gasteiger partial charge on any atom is 0.0783 e. The molecule has 3 rings (SSSR count). The van der Waals surface area contributed by atoms with Gasteiger partial charge in [0.25, 0.3) is 0 Å². The van der Waals surface area contributed by atoms with Gasteiger partial charge in [-0.15, -0.1) is 0 Å². The Hall–Kier alpha value is -0.900. The largest absolute Gasteiger partial charge is 0.376 e. The fraction of sp³-hybridized carbons (Fsp3) is 0.571. The van der Waals surface area contributed by atoms with Crippen molar-refractivity contribution in [1.82, 2.24) is 4.90 Å². The smallest absolute Gasteiger partial charge is 0.0783 e. The monoisotopic (exact) mass is 232 g/mol. The molecular formula is C14H20N2O. The number of nitrogens with two attached hydrogens (primary N) is 1. The number of fused-ring (bicyclic) bond motifs is 1. The number of likely N-dealkylation sites (tertiary alicyclic amines) is 1. The van der Waals surface area contributed by atoms with E-state index in [0.29, 0.717) is 24.6 Å². The second kappa shape index (κ2) is 4.77. The molecule has 2 aliphatic rings. The van der Waals surface area contributed by atoms with Crippen LogP contribution in [0, 0.1) is 5.92 Å². The van der Waals surface area contributed by atoms with Gasteiger partial charge < -0.3 is 10.5 Å². The molecule has 17 heavy (non-hydrogen) atoms. The van der Waals surface area contributed by atoms with Crippen LogP contribution in [-0.2, 0) is 11.3 Å². The molecule has 0 aliphatic carbocycles. The lowest BCUT2D eigenvalue weighted by Crippen LogP contribution is -2.41. The summed E-state index contributed by atoms with van der Waals surface area (Å²) in [4.78, 5) is 2.49. The molecule has 2 fully saturated rings. The number of hydrogen-bond acceptors (Lipinski definition) is 3. The van der Waals surface area contributed by atoms with E-state index in [-0.39, 0.29) is 0 Å². The van der Waals surface area contributed by atoms with Crippen molar-refractivity contribution >= 4 is 0 Å². The van der Waals surface area contributed by atoms with Crippen LogP contribution in [0.1, 0.15) is 12.0 Å². The van der Waals surface area contributed by atoms with Gasteiger partial charge in [-0.2, -0.15) is 0 Å². The zero-order chi connectivity index (χ0) is 11.7. The van der Waals surface area contributed by atoms with E-state index in [0.717, 1.165) is 19.7 Å². The quantitative estimate of drug-likeness (QED) is 0.852. The summed E-state index contributed by atoms with van der Waals surface area (Å²) in [7, 11) is 0. The molecule has 0 amide bonds. The van der Waals surface area contributed by atoms with E-state index in [1.165, 1.54) is 12.0 Å². The highest BCUT2D eigenvalue weighted by molar-refractivity contribution is 5.15. The van der Waals surface area contributed by atoms with E-state index < -0.39 is 0 Å². The highest BCUT2D eigenvalue weighted by atomic mass is 16.5. The van der Waals surface area contributed by atoms with Crippen LogP contribution in [0.5, 0.6) is 0 Å². The van der Waals surface area contributed by atoms with Gasteiger partial charge in [0.1, 0.15) is 0 Å². The molecule has 1 aromatic rings. The predicted molar refractivity (Wildman–Crippen MR) is 67.5 cm³/mol. The summed E-state index contributed by atoms with van der Waals surface area (Å²) in [6.07, 6.45) is 1.58. The Bertz CT molecular complexity index is 368. The molecular weight excluding hydrogens is 212 g/mol. The first-order valence-electron chi connectivity index (χ1n) is 6.48. The Morgan fingerprint density at radius 3 is 2.88 bits per heavy atom. The maximum atomic E-state index is 5.91. The lowest BCUT2D eigenvalue weighted by molar-refractivity contribution is 0.0601. The lowest BCUT2D eigenvalue weighted by atomic mass is 10.0. The first-order chi connectivity index (χ1) is 8.38. The molecule has 0 aromatic heterocycles. The average Bonchev–Trinajstić information content (AvgIpc) is 2.90. The molecule has 0 spiro atoms. The molecule has 3 nitrogen and oxygen atoms in total. The van der Waals surface area contributed by atoms with Crippen molar-refractivity contribution in [3.8, 4) is 0 Å². The van der Waals surface area contributed by atoms with Crippen molar-refractivity contribution in [2.24, 2.45) is 11.7 Å². The third kappa shape index (κ3) is 2.10. The summed E-state index contributed by atoms with van der Waals surface area (Å²) in [5.41, 5.74) is 7.28. The Morgan fingerprint density at radius 1 is 1.29 bits per heavy atom. The lowest BCUT2D eigenvalue weighted by Gasteiger charge is -2.26. The van der Waals surface area contributed by atoms with Crippen LogP contribution < -0.4 is 5.73 Å². The standard InChI is InChI=1S/C14H20N2O/c15-8-13-14-12(6-7-17-14)10-16(13)9-11-4-2-1-3-5-11/h1-5,12-14H,6-10,15H2/t12-,13+,14-/m0/s1. The zero-order valence-corrected chi connectivity index (χ0v) is 10.1. The Balaban J connectivity index is 1.71. The third-order valence-electron chi connectivity index (χ3n) is 4.05. The van der Waals surface area contributed by atoms with E-state index in [2.05, 4.69) is 35.2 Å². The summed E-state index contributed by atoms with van der Waals surface area (Å²) < 4.78 is 5.83. The van der Waals surface area contributed by atoms with Crippen molar-refractivity contribution in [1.29, 1.82) is 0 Å². The van der Waals surface area contributed by atoms with Gasteiger partial charge >= 0.3 is 0 Å². The number of rotatable bonds is 3. The maximum absolute atomic E-state index is 5.91. The first kappa shape index (κ1) is 11.2. The Morgan fingerprint density at radius 2 is 2.12 bits per heavy atom. The van der Waals surface area contributed by atoms with Crippen molar-refractivity contribution in [2.45, 2.75) is 25.1 Å². The van der Waals surface area contributed by atoms with Gasteiger partial charge in [0, 0.05) is 38.2 Å². The second-order valence-corrected chi connectivity index (χ2v) is 5.10. The first-order valence-corrected chi connectivity index (χ1v) is 6.48. The van der Waals surface area contributed by atoms with Crippen LogP contribution in [0.4, 0.5) is 0 Å². The molecule has 3 atom stereocenters. The highest BCUT2D eigenvalue weighted by Crippen LogP contribution is 2.34. The van der Waals surface area contributed by atoms with Crippen molar-refractivity contribution < 1.29 is 4.74 Å². The van der Waals surface area contributed by atoms with Crippen LogP contribution >= 0.6 is 0 Å². The number of ether oxygens (including phenoxy) is 1. The molecule has 0 bridgehead atoms. The third-order valence-corrected chi connectivity index (χ3v) is 4.05. The van der Waals surface area contributed by atoms with Gasteiger partial charge in [-0.25, -0.2) is 0 Å². The fourth-order valence-electron chi connectivity index (χ4n) is 3.20. The van der Waals surface area contributed by atoms with E-state index in [1.54, 1.807) is 0 Å². The van der Waals surface area contributed by atoms with Crippen molar-refractivity contribution in [2.75, 3.05) is 19.7 Å². The molecule has 2 aliphatic heterocycles. The van der Waals surface area contributed by atoms with Crippen molar-refractivity contribution in [3.05, 3.63) is 35.9 Å². The van der Waals surface area contributed by atoms with Gasteiger partial charge in [0.2, 0.25) is 0 Å². The van der Waals surface area contributed by atoms with E-state index in [9.17, 15) is 0 Å². The van der Waals surface area contributed by atoms with Gasteiger partial charge in [-0.3, -0.25) is 4.90 Å². The summed E-state index contributed by atoms with van der Waals surface area (Å²) in [5.74, 6) is 0.701. The van der Waals surface area contributed by atoms with E-state index in [4.69, 9.17) is 10.5 Å². The molecule has 92 valence electrons. The fourth-order valence-corrected chi connectivity index (χ4v) is 3.20. The van der Waals surface area contributed by atoms with Crippen LogP contribution in [0.3, 0.4) is 0 Å². The van der Waals surface area contributed by atoms with Crippen LogP contribution in [0.15, 0.2) is 30.3 Å². The number of nitrogens with zero attached hydrogens (tertiary/aromatic N) is 1.